The van der Waals surface area contributed by atoms with Crippen LogP contribution < -0.4 is 5.32 Å². The normalized spacial score (nSPS) is 10.4. The van der Waals surface area contributed by atoms with Gasteiger partial charge in [0.1, 0.15) is 0 Å². The van der Waals surface area contributed by atoms with Gasteiger partial charge in [-0.2, -0.15) is 0 Å². The van der Waals surface area contributed by atoms with E-state index in [0.29, 0.717) is 16.8 Å². The van der Waals surface area contributed by atoms with Gasteiger partial charge in [0.2, 0.25) is 0 Å². The maximum absolute atomic E-state index is 12.3. The van der Waals surface area contributed by atoms with Crippen LogP contribution in [0.25, 0.3) is 11.3 Å². The van der Waals surface area contributed by atoms with Gasteiger partial charge in [-0.3, -0.25) is 9.59 Å². The Labute approximate surface area is 144 Å². The molecule has 0 saturated carbocycles. The first-order valence-electron chi connectivity index (χ1n) is 7.48. The molecular weight excluding hydrogens is 320 g/mol. The van der Waals surface area contributed by atoms with Gasteiger partial charge in [-0.25, -0.2) is 4.98 Å². The zero-order chi connectivity index (χ0) is 17.1. The number of carbonyl (C=O) groups is 2. The molecule has 2 aromatic carbocycles. The summed E-state index contributed by atoms with van der Waals surface area (Å²) in [4.78, 5) is 28.2. The van der Waals surface area contributed by atoms with Crippen molar-refractivity contribution >= 4 is 28.7 Å². The number of thiazole rings is 1. The second kappa shape index (κ2) is 6.76. The van der Waals surface area contributed by atoms with E-state index >= 15 is 0 Å². The third kappa shape index (κ3) is 3.58. The number of hydrogen-bond acceptors (Lipinski definition) is 4. The Morgan fingerprint density at radius 2 is 1.79 bits per heavy atom. The number of anilines is 1. The highest BCUT2D eigenvalue weighted by atomic mass is 32.1. The Bertz CT molecular complexity index is 898. The van der Waals surface area contributed by atoms with Gasteiger partial charge in [-0.05, 0) is 38.1 Å². The van der Waals surface area contributed by atoms with E-state index in [1.165, 1.54) is 6.92 Å². The number of aromatic nitrogens is 1. The molecule has 0 aliphatic heterocycles. The number of amides is 1. The molecule has 1 amide bonds. The Hall–Kier alpha value is -2.79. The zero-order valence-corrected chi connectivity index (χ0v) is 14.2. The summed E-state index contributed by atoms with van der Waals surface area (Å²) in [6.45, 7) is 3.46. The molecule has 1 heterocycles. The van der Waals surface area contributed by atoms with Crippen molar-refractivity contribution < 1.29 is 9.59 Å². The summed E-state index contributed by atoms with van der Waals surface area (Å²) in [6, 6.07) is 14.2. The van der Waals surface area contributed by atoms with Crippen LogP contribution in [0.15, 0.2) is 53.9 Å². The van der Waals surface area contributed by atoms with Crippen LogP contribution in [-0.2, 0) is 0 Å². The predicted molar refractivity (Wildman–Crippen MR) is 96.7 cm³/mol. The highest BCUT2D eigenvalue weighted by Crippen LogP contribution is 2.22. The smallest absolute Gasteiger partial charge is 0.255 e. The molecule has 4 nitrogen and oxygen atoms in total. The van der Waals surface area contributed by atoms with Gasteiger partial charge in [-0.15, -0.1) is 11.3 Å². The van der Waals surface area contributed by atoms with Crippen molar-refractivity contribution in [2.24, 2.45) is 0 Å². The van der Waals surface area contributed by atoms with Gasteiger partial charge >= 0.3 is 0 Å². The fourth-order valence-electron chi connectivity index (χ4n) is 2.31. The minimum absolute atomic E-state index is 0.0333. The molecule has 0 radical (unpaired) electrons. The van der Waals surface area contributed by atoms with Gasteiger partial charge in [0.25, 0.3) is 5.91 Å². The van der Waals surface area contributed by atoms with Crippen LogP contribution in [0, 0.1) is 6.92 Å². The molecule has 1 N–H and O–H groups in total. The Balaban J connectivity index is 1.76. The number of nitrogens with zero attached hydrogens (tertiary/aromatic N) is 1. The van der Waals surface area contributed by atoms with Crippen LogP contribution in [-0.4, -0.2) is 16.7 Å². The lowest BCUT2D eigenvalue weighted by Gasteiger charge is -2.07. The summed E-state index contributed by atoms with van der Waals surface area (Å²) in [5.74, 6) is -0.245. The second-order valence-electron chi connectivity index (χ2n) is 5.42. The van der Waals surface area contributed by atoms with Crippen LogP contribution in [0.4, 0.5) is 5.69 Å². The predicted octanol–water partition coefficient (Wildman–Crippen LogP) is 4.57. The molecule has 0 spiro atoms. The average molecular weight is 336 g/mol. The lowest BCUT2D eigenvalue weighted by atomic mass is 10.1. The third-order valence-corrected chi connectivity index (χ3v) is 4.36. The molecule has 0 saturated heterocycles. The van der Waals surface area contributed by atoms with Crippen LogP contribution in [0.2, 0.25) is 0 Å². The number of benzene rings is 2. The van der Waals surface area contributed by atoms with Gasteiger partial charge in [-0.1, -0.05) is 24.3 Å². The highest BCUT2D eigenvalue weighted by Gasteiger charge is 2.09. The topological polar surface area (TPSA) is 59.1 Å². The number of ketones is 1. The first-order valence-corrected chi connectivity index (χ1v) is 8.36. The van der Waals surface area contributed by atoms with E-state index in [9.17, 15) is 9.59 Å². The van der Waals surface area contributed by atoms with Crippen molar-refractivity contribution in [3.8, 4) is 11.3 Å². The molecule has 3 aromatic rings. The molecule has 0 atom stereocenters. The largest absolute Gasteiger partial charge is 0.322 e. The van der Waals surface area contributed by atoms with Crippen molar-refractivity contribution in [1.29, 1.82) is 0 Å². The van der Waals surface area contributed by atoms with E-state index in [2.05, 4.69) is 10.3 Å². The van der Waals surface area contributed by atoms with Gasteiger partial charge in [0, 0.05) is 27.8 Å². The minimum atomic E-state index is -0.211. The molecule has 3 rings (SSSR count). The maximum Gasteiger partial charge on any atom is 0.255 e. The number of rotatable bonds is 4. The van der Waals surface area contributed by atoms with Crippen molar-refractivity contribution in [3.05, 3.63) is 70.0 Å². The summed E-state index contributed by atoms with van der Waals surface area (Å²) in [6.07, 6.45) is 0. The molecule has 120 valence electrons. The van der Waals surface area contributed by atoms with Crippen LogP contribution in [0.1, 0.15) is 32.6 Å². The van der Waals surface area contributed by atoms with Crippen molar-refractivity contribution in [2.45, 2.75) is 13.8 Å². The highest BCUT2D eigenvalue weighted by molar-refractivity contribution is 7.09. The van der Waals surface area contributed by atoms with Crippen LogP contribution in [0.3, 0.4) is 0 Å². The Kier molecular flexibility index (Phi) is 4.53. The van der Waals surface area contributed by atoms with Crippen molar-refractivity contribution in [1.82, 2.24) is 4.98 Å². The third-order valence-electron chi connectivity index (χ3n) is 3.59. The fraction of sp³-hybridized carbons (Fsp3) is 0.105. The lowest BCUT2D eigenvalue weighted by Crippen LogP contribution is -2.12. The zero-order valence-electron chi connectivity index (χ0n) is 13.4. The molecule has 0 aliphatic rings. The van der Waals surface area contributed by atoms with E-state index in [1.54, 1.807) is 47.7 Å². The molecule has 0 bridgehead atoms. The van der Waals surface area contributed by atoms with Crippen LogP contribution >= 0.6 is 11.3 Å². The maximum atomic E-state index is 12.3. The monoisotopic (exact) mass is 336 g/mol. The number of carbonyl (C=O) groups excluding carboxylic acids is 2. The number of aryl methyl sites for hydroxylation is 1. The molecule has 0 unspecified atom stereocenters. The van der Waals surface area contributed by atoms with Crippen molar-refractivity contribution in [3.63, 3.8) is 0 Å². The first-order chi connectivity index (χ1) is 11.5. The van der Waals surface area contributed by atoms with E-state index in [-0.39, 0.29) is 11.7 Å². The molecule has 5 heteroatoms. The van der Waals surface area contributed by atoms with E-state index in [4.69, 9.17) is 0 Å². The van der Waals surface area contributed by atoms with Crippen LogP contribution in [0.5, 0.6) is 0 Å². The van der Waals surface area contributed by atoms with E-state index < -0.39 is 0 Å². The molecule has 24 heavy (non-hydrogen) atoms. The number of nitrogens with one attached hydrogen (secondary N) is 1. The summed E-state index contributed by atoms with van der Waals surface area (Å²) < 4.78 is 0. The second-order valence-corrected chi connectivity index (χ2v) is 6.48. The summed E-state index contributed by atoms with van der Waals surface area (Å²) in [5.41, 5.74) is 3.63. The standard InChI is InChI=1S/C19H16N2O2S/c1-12(22)16-4-3-5-17(10-16)21-19(23)15-8-6-14(7-9-15)18-11-24-13(2)20-18/h3-11H,1-2H3,(H,21,23). The van der Waals surface area contributed by atoms with Gasteiger partial charge < -0.3 is 5.32 Å². The Morgan fingerprint density at radius 1 is 1.04 bits per heavy atom. The minimum Gasteiger partial charge on any atom is -0.322 e. The molecular formula is C19H16N2O2S. The van der Waals surface area contributed by atoms with Gasteiger partial charge in [0.15, 0.2) is 5.78 Å². The Morgan fingerprint density at radius 3 is 2.42 bits per heavy atom. The average Bonchev–Trinajstić information content (AvgIpc) is 3.01. The first kappa shape index (κ1) is 16.1. The lowest BCUT2D eigenvalue weighted by molar-refractivity contribution is 0.101. The summed E-state index contributed by atoms with van der Waals surface area (Å²) in [5, 5.41) is 5.82. The van der Waals surface area contributed by atoms with E-state index in [1.807, 2.05) is 24.4 Å². The quantitative estimate of drug-likeness (QED) is 0.710. The molecule has 0 fully saturated rings. The fourth-order valence-corrected chi connectivity index (χ4v) is 2.93. The van der Waals surface area contributed by atoms with Gasteiger partial charge in [0.05, 0.1) is 10.7 Å². The van der Waals surface area contributed by atoms with E-state index in [0.717, 1.165) is 16.3 Å². The molecule has 1 aromatic heterocycles. The SMILES string of the molecule is CC(=O)c1cccc(NC(=O)c2ccc(-c3csc(C)n3)cc2)c1. The summed E-state index contributed by atoms with van der Waals surface area (Å²) in [7, 11) is 0. The summed E-state index contributed by atoms with van der Waals surface area (Å²) >= 11 is 1.60. The number of hydrogen-bond donors (Lipinski definition) is 1. The van der Waals surface area contributed by atoms with Crippen molar-refractivity contribution in [2.75, 3.05) is 5.32 Å². The number of Topliss-reactive ketones (excluding diaryl/α,β-unsaturated/α-hetero) is 1. The molecule has 0 aliphatic carbocycles.